The van der Waals surface area contributed by atoms with Gasteiger partial charge in [0.2, 0.25) is 5.91 Å². The molecular formula is C20H22N2O3. The topological polar surface area (TPSA) is 51.1 Å². The van der Waals surface area contributed by atoms with Gasteiger partial charge in [0.1, 0.15) is 11.5 Å². The third-order valence-corrected chi connectivity index (χ3v) is 4.10. The number of carbonyl (C=O) groups excluding carboxylic acids is 1. The van der Waals surface area contributed by atoms with Crippen molar-refractivity contribution in [2.45, 2.75) is 19.8 Å². The highest BCUT2D eigenvalue weighted by atomic mass is 16.5. The molecule has 2 aromatic carbocycles. The summed E-state index contributed by atoms with van der Waals surface area (Å²) in [6.07, 6.45) is 1.10. The summed E-state index contributed by atoms with van der Waals surface area (Å²) in [4.78, 5) is 12.5. The Morgan fingerprint density at radius 2 is 1.76 bits per heavy atom. The fourth-order valence-electron chi connectivity index (χ4n) is 2.76. The lowest BCUT2D eigenvalue weighted by atomic mass is 10.1. The Kier molecular flexibility index (Phi) is 5.33. The Bertz CT molecular complexity index is 752. The van der Waals surface area contributed by atoms with Gasteiger partial charge in [0.15, 0.2) is 0 Å². The monoisotopic (exact) mass is 338 g/mol. The van der Waals surface area contributed by atoms with Crippen molar-refractivity contribution in [3.8, 4) is 11.5 Å². The minimum Gasteiger partial charge on any atom is -0.497 e. The average Bonchev–Trinajstić information content (AvgIpc) is 3.13. The number of methoxy groups -OCH3 is 1. The maximum absolute atomic E-state index is 12.5. The third kappa shape index (κ3) is 4.18. The number of hydrazone groups is 1. The first-order chi connectivity index (χ1) is 12.2. The molecular weight excluding hydrogens is 316 g/mol. The van der Waals surface area contributed by atoms with Gasteiger partial charge in [0.25, 0.3) is 0 Å². The van der Waals surface area contributed by atoms with E-state index in [1.165, 1.54) is 0 Å². The van der Waals surface area contributed by atoms with Crippen molar-refractivity contribution in [2.24, 2.45) is 5.10 Å². The van der Waals surface area contributed by atoms with E-state index in [1.807, 2.05) is 55.5 Å². The van der Waals surface area contributed by atoms with E-state index in [2.05, 4.69) is 5.10 Å². The van der Waals surface area contributed by atoms with Crippen molar-refractivity contribution in [3.63, 3.8) is 0 Å². The van der Waals surface area contributed by atoms with Crippen molar-refractivity contribution >= 4 is 11.6 Å². The van der Waals surface area contributed by atoms with Gasteiger partial charge in [-0.3, -0.25) is 4.79 Å². The van der Waals surface area contributed by atoms with Gasteiger partial charge in [0.05, 0.1) is 32.4 Å². The predicted octanol–water partition coefficient (Wildman–Crippen LogP) is 3.27. The zero-order chi connectivity index (χ0) is 17.6. The van der Waals surface area contributed by atoms with Crippen molar-refractivity contribution in [1.82, 2.24) is 5.01 Å². The van der Waals surface area contributed by atoms with Crippen LogP contribution in [0.15, 0.2) is 53.6 Å². The quantitative estimate of drug-likeness (QED) is 0.812. The number of nitrogens with zero attached hydrogens (tertiary/aromatic N) is 2. The maximum Gasteiger partial charge on any atom is 0.247 e. The molecule has 2 aromatic rings. The van der Waals surface area contributed by atoms with E-state index < -0.39 is 0 Å². The Hall–Kier alpha value is -2.82. The molecule has 0 saturated heterocycles. The molecule has 0 N–H and O–H groups in total. The molecule has 5 heteroatoms. The van der Waals surface area contributed by atoms with Gasteiger partial charge in [-0.1, -0.05) is 12.1 Å². The van der Waals surface area contributed by atoms with Crippen LogP contribution in [0.5, 0.6) is 11.5 Å². The minimum absolute atomic E-state index is 0.00565. The standard InChI is InChI=1S/C20H22N2O3/c1-3-25-18-10-6-16(7-11-18)19-12-13-22(21-19)20(23)14-15-4-8-17(24-2)9-5-15/h4-11H,3,12-14H2,1-2H3. The lowest BCUT2D eigenvalue weighted by molar-refractivity contribution is -0.130. The van der Waals surface area contributed by atoms with E-state index in [4.69, 9.17) is 9.47 Å². The molecule has 1 heterocycles. The van der Waals surface area contributed by atoms with Crippen molar-refractivity contribution in [1.29, 1.82) is 0 Å². The number of amides is 1. The summed E-state index contributed by atoms with van der Waals surface area (Å²) in [6.45, 7) is 3.23. The van der Waals surface area contributed by atoms with Crippen LogP contribution in [0, 0.1) is 0 Å². The van der Waals surface area contributed by atoms with E-state index in [-0.39, 0.29) is 5.91 Å². The molecule has 0 atom stereocenters. The smallest absolute Gasteiger partial charge is 0.247 e. The van der Waals surface area contributed by atoms with Crippen LogP contribution in [0.4, 0.5) is 0 Å². The molecule has 0 unspecified atom stereocenters. The number of rotatable bonds is 6. The van der Waals surface area contributed by atoms with Gasteiger partial charge < -0.3 is 9.47 Å². The van der Waals surface area contributed by atoms with Crippen LogP contribution in [0.25, 0.3) is 0 Å². The second kappa shape index (κ2) is 7.83. The van der Waals surface area contributed by atoms with E-state index in [0.717, 1.165) is 34.8 Å². The lowest BCUT2D eigenvalue weighted by Crippen LogP contribution is -2.25. The maximum atomic E-state index is 12.5. The summed E-state index contributed by atoms with van der Waals surface area (Å²) in [6, 6.07) is 15.4. The lowest BCUT2D eigenvalue weighted by Gasteiger charge is -2.11. The molecule has 130 valence electrons. The molecule has 0 spiro atoms. The normalized spacial score (nSPS) is 13.5. The van der Waals surface area contributed by atoms with Gasteiger partial charge in [-0.2, -0.15) is 5.10 Å². The van der Waals surface area contributed by atoms with Crippen LogP contribution >= 0.6 is 0 Å². The molecule has 3 rings (SSSR count). The summed E-state index contributed by atoms with van der Waals surface area (Å²) in [5.41, 5.74) is 2.92. The van der Waals surface area contributed by atoms with Gasteiger partial charge >= 0.3 is 0 Å². The minimum atomic E-state index is 0.00565. The zero-order valence-corrected chi connectivity index (χ0v) is 14.6. The number of hydrogen-bond acceptors (Lipinski definition) is 4. The molecule has 1 aliphatic heterocycles. The molecule has 1 aliphatic rings. The SMILES string of the molecule is CCOc1ccc(C2=NN(C(=O)Cc3ccc(OC)cc3)CC2)cc1. The third-order valence-electron chi connectivity index (χ3n) is 4.10. The van der Waals surface area contributed by atoms with E-state index in [1.54, 1.807) is 12.1 Å². The summed E-state index contributed by atoms with van der Waals surface area (Å²) in [5.74, 6) is 1.64. The Labute approximate surface area is 147 Å². The van der Waals surface area contributed by atoms with Gasteiger partial charge in [-0.25, -0.2) is 5.01 Å². The fraction of sp³-hybridized carbons (Fsp3) is 0.300. The Morgan fingerprint density at radius 3 is 2.40 bits per heavy atom. The Balaban J connectivity index is 1.64. The van der Waals surface area contributed by atoms with Crippen molar-refractivity contribution in [3.05, 3.63) is 59.7 Å². The van der Waals surface area contributed by atoms with Gasteiger partial charge in [-0.05, 0) is 54.4 Å². The molecule has 0 radical (unpaired) electrons. The molecule has 0 saturated carbocycles. The molecule has 25 heavy (non-hydrogen) atoms. The van der Waals surface area contributed by atoms with Gasteiger partial charge in [-0.15, -0.1) is 0 Å². The summed E-state index contributed by atoms with van der Waals surface area (Å²) in [5, 5.41) is 6.06. The van der Waals surface area contributed by atoms with Crippen LogP contribution in [0.2, 0.25) is 0 Å². The molecule has 0 aromatic heterocycles. The first-order valence-electron chi connectivity index (χ1n) is 8.43. The zero-order valence-electron chi connectivity index (χ0n) is 14.6. The number of hydrogen-bond donors (Lipinski definition) is 0. The largest absolute Gasteiger partial charge is 0.497 e. The van der Waals surface area contributed by atoms with E-state index >= 15 is 0 Å². The predicted molar refractivity (Wildman–Crippen MR) is 97.2 cm³/mol. The van der Waals surface area contributed by atoms with Crippen LogP contribution < -0.4 is 9.47 Å². The molecule has 0 fully saturated rings. The Morgan fingerprint density at radius 1 is 1.08 bits per heavy atom. The molecule has 5 nitrogen and oxygen atoms in total. The highest BCUT2D eigenvalue weighted by Gasteiger charge is 2.21. The van der Waals surface area contributed by atoms with Crippen LogP contribution in [-0.2, 0) is 11.2 Å². The average molecular weight is 338 g/mol. The summed E-state index contributed by atoms with van der Waals surface area (Å²) < 4.78 is 10.6. The number of ether oxygens (including phenoxy) is 2. The molecule has 1 amide bonds. The number of carbonyl (C=O) groups is 1. The number of benzene rings is 2. The molecule has 0 aliphatic carbocycles. The van der Waals surface area contributed by atoms with Crippen LogP contribution in [0.3, 0.4) is 0 Å². The van der Waals surface area contributed by atoms with E-state index in [0.29, 0.717) is 19.6 Å². The van der Waals surface area contributed by atoms with Crippen LogP contribution in [0.1, 0.15) is 24.5 Å². The summed E-state index contributed by atoms with van der Waals surface area (Å²) in [7, 11) is 1.63. The second-order valence-corrected chi connectivity index (χ2v) is 5.80. The fourth-order valence-corrected chi connectivity index (χ4v) is 2.76. The van der Waals surface area contributed by atoms with E-state index in [9.17, 15) is 4.79 Å². The molecule has 0 bridgehead atoms. The first-order valence-corrected chi connectivity index (χ1v) is 8.43. The first kappa shape index (κ1) is 17.0. The summed E-state index contributed by atoms with van der Waals surface area (Å²) >= 11 is 0. The van der Waals surface area contributed by atoms with Crippen LogP contribution in [-0.4, -0.2) is 36.9 Å². The van der Waals surface area contributed by atoms with Crippen molar-refractivity contribution < 1.29 is 14.3 Å². The van der Waals surface area contributed by atoms with Gasteiger partial charge in [0, 0.05) is 6.42 Å². The second-order valence-electron chi connectivity index (χ2n) is 5.80. The highest BCUT2D eigenvalue weighted by molar-refractivity contribution is 6.02. The highest BCUT2D eigenvalue weighted by Crippen LogP contribution is 2.19. The van der Waals surface area contributed by atoms with Crippen molar-refractivity contribution in [2.75, 3.05) is 20.3 Å².